The molecule has 0 aliphatic heterocycles. The van der Waals surface area contributed by atoms with Gasteiger partial charge in [0, 0.05) is 17.5 Å². The van der Waals surface area contributed by atoms with Crippen LogP contribution in [0, 0.1) is 14.4 Å². The molecule has 2 aromatic carbocycles. The Balaban J connectivity index is 0.00000151. The number of hydrogen-bond donors (Lipinski definition) is 1. The fourth-order valence-electron chi connectivity index (χ4n) is 2.67. The van der Waals surface area contributed by atoms with E-state index in [0.29, 0.717) is 0 Å². The largest absolute Gasteiger partial charge is 1.00 e. The van der Waals surface area contributed by atoms with Crippen molar-refractivity contribution in [2.75, 3.05) is 5.32 Å². The summed E-state index contributed by atoms with van der Waals surface area (Å²) in [5, 5.41) is 4.51. The number of para-hydroxylation sites is 1. The van der Waals surface area contributed by atoms with E-state index in [1.165, 1.54) is 11.1 Å². The molecule has 0 aliphatic rings. The molecule has 4 heteroatoms. The summed E-state index contributed by atoms with van der Waals surface area (Å²) in [6, 6.07) is 14.5. The zero-order chi connectivity index (χ0) is 17.5. The van der Waals surface area contributed by atoms with E-state index >= 15 is 0 Å². The Bertz CT molecular complexity index is 801. The van der Waals surface area contributed by atoms with Gasteiger partial charge in [0.05, 0.1) is 5.52 Å². The second-order valence-electron chi connectivity index (χ2n) is 5.48. The SMILES string of the molecule is CC.CCc1nc(Nc2ccccc2)c2cc(C)c(CC)cc2n1.[CH3-].[K+]. The van der Waals surface area contributed by atoms with Crippen molar-refractivity contribution >= 4 is 22.4 Å². The van der Waals surface area contributed by atoms with E-state index in [1.54, 1.807) is 0 Å². The number of nitrogens with one attached hydrogen (secondary N) is 1. The summed E-state index contributed by atoms with van der Waals surface area (Å²) in [4.78, 5) is 9.38. The van der Waals surface area contributed by atoms with Gasteiger partial charge in [0.25, 0.3) is 0 Å². The van der Waals surface area contributed by atoms with Crippen molar-refractivity contribution in [1.82, 2.24) is 9.97 Å². The van der Waals surface area contributed by atoms with Crippen LogP contribution in [0.1, 0.15) is 44.6 Å². The number of aromatic nitrogens is 2. The molecule has 134 valence electrons. The predicted molar refractivity (Wildman–Crippen MR) is 111 cm³/mol. The molecule has 3 rings (SSSR count). The van der Waals surface area contributed by atoms with Crippen molar-refractivity contribution in [3.05, 3.63) is 66.8 Å². The molecule has 0 spiro atoms. The molecule has 0 bridgehead atoms. The van der Waals surface area contributed by atoms with E-state index in [1.807, 2.05) is 44.2 Å². The first-order valence-corrected chi connectivity index (χ1v) is 8.83. The van der Waals surface area contributed by atoms with Crippen molar-refractivity contribution in [2.45, 2.75) is 47.5 Å². The normalized spacial score (nSPS) is 9.42. The number of anilines is 2. The molecule has 1 N–H and O–H groups in total. The van der Waals surface area contributed by atoms with Gasteiger partial charge in [-0.15, -0.1) is 0 Å². The number of aryl methyl sites for hydroxylation is 3. The number of nitrogens with zero attached hydrogens (tertiary/aromatic N) is 2. The van der Waals surface area contributed by atoms with Gasteiger partial charge in [-0.25, -0.2) is 9.97 Å². The molecule has 1 heterocycles. The van der Waals surface area contributed by atoms with Crippen LogP contribution in [0.3, 0.4) is 0 Å². The molecular formula is C22H30KN3. The van der Waals surface area contributed by atoms with E-state index in [4.69, 9.17) is 4.98 Å². The first-order valence-electron chi connectivity index (χ1n) is 8.83. The van der Waals surface area contributed by atoms with Gasteiger partial charge >= 0.3 is 51.4 Å². The minimum Gasteiger partial charge on any atom is -0.358 e. The summed E-state index contributed by atoms with van der Waals surface area (Å²) in [6.07, 6.45) is 1.85. The van der Waals surface area contributed by atoms with Crippen molar-refractivity contribution in [2.24, 2.45) is 0 Å². The number of rotatable bonds is 4. The van der Waals surface area contributed by atoms with Crippen LogP contribution in [0.2, 0.25) is 0 Å². The maximum Gasteiger partial charge on any atom is 1.00 e. The van der Waals surface area contributed by atoms with Crippen LogP contribution in [0.25, 0.3) is 10.9 Å². The third-order valence-electron chi connectivity index (χ3n) is 3.93. The molecule has 3 nitrogen and oxygen atoms in total. The molecule has 0 saturated heterocycles. The Morgan fingerprint density at radius 3 is 2.15 bits per heavy atom. The molecule has 0 aliphatic carbocycles. The van der Waals surface area contributed by atoms with Gasteiger partial charge in [-0.05, 0) is 48.7 Å². The summed E-state index contributed by atoms with van der Waals surface area (Å²) in [5.41, 5.74) is 4.70. The Kier molecular flexibility index (Phi) is 12.2. The van der Waals surface area contributed by atoms with E-state index in [0.717, 1.165) is 41.1 Å². The number of benzene rings is 2. The second-order valence-corrected chi connectivity index (χ2v) is 5.48. The summed E-state index contributed by atoms with van der Waals surface area (Å²) in [7, 11) is 0. The minimum atomic E-state index is 0. The fourth-order valence-corrected chi connectivity index (χ4v) is 2.67. The van der Waals surface area contributed by atoms with E-state index in [2.05, 4.69) is 43.2 Å². The predicted octanol–water partition coefficient (Wildman–Crippen LogP) is 3.29. The number of fused-ring (bicyclic) bond motifs is 1. The maximum absolute atomic E-state index is 4.69. The zero-order valence-electron chi connectivity index (χ0n) is 17.4. The van der Waals surface area contributed by atoms with Crippen LogP contribution in [-0.2, 0) is 12.8 Å². The van der Waals surface area contributed by atoms with Gasteiger partial charge in [-0.2, -0.15) is 0 Å². The Labute approximate surface area is 201 Å². The van der Waals surface area contributed by atoms with Gasteiger partial charge in [0.1, 0.15) is 11.6 Å². The van der Waals surface area contributed by atoms with Crippen LogP contribution < -0.4 is 56.7 Å². The van der Waals surface area contributed by atoms with Crippen LogP contribution in [0.5, 0.6) is 0 Å². The topological polar surface area (TPSA) is 37.8 Å². The average molecular weight is 376 g/mol. The van der Waals surface area contributed by atoms with Gasteiger partial charge < -0.3 is 12.7 Å². The van der Waals surface area contributed by atoms with Gasteiger partial charge in [-0.3, -0.25) is 0 Å². The van der Waals surface area contributed by atoms with Gasteiger partial charge in [0.15, 0.2) is 0 Å². The molecule has 0 saturated carbocycles. The molecule has 26 heavy (non-hydrogen) atoms. The minimum absolute atomic E-state index is 0. The molecule has 0 atom stereocenters. The quantitative estimate of drug-likeness (QED) is 0.562. The van der Waals surface area contributed by atoms with Crippen LogP contribution >= 0.6 is 0 Å². The van der Waals surface area contributed by atoms with Crippen LogP contribution in [0.4, 0.5) is 11.5 Å². The van der Waals surface area contributed by atoms with E-state index in [-0.39, 0.29) is 58.8 Å². The zero-order valence-corrected chi connectivity index (χ0v) is 20.5. The summed E-state index contributed by atoms with van der Waals surface area (Å²) in [6.45, 7) is 10.4. The first kappa shape index (κ1) is 25.2. The second kappa shape index (κ2) is 12.6. The molecule has 1 aromatic heterocycles. The molecule has 0 unspecified atom stereocenters. The third-order valence-corrected chi connectivity index (χ3v) is 3.93. The van der Waals surface area contributed by atoms with Gasteiger partial charge in [-0.1, -0.05) is 45.9 Å². The fraction of sp³-hybridized carbons (Fsp3) is 0.318. The van der Waals surface area contributed by atoms with Gasteiger partial charge in [0.2, 0.25) is 0 Å². The van der Waals surface area contributed by atoms with E-state index in [9.17, 15) is 0 Å². The van der Waals surface area contributed by atoms with Crippen molar-refractivity contribution in [1.29, 1.82) is 0 Å². The van der Waals surface area contributed by atoms with E-state index < -0.39 is 0 Å². The molecule has 0 amide bonds. The average Bonchev–Trinajstić information content (AvgIpc) is 2.64. The van der Waals surface area contributed by atoms with Crippen molar-refractivity contribution in [3.63, 3.8) is 0 Å². The summed E-state index contributed by atoms with van der Waals surface area (Å²) >= 11 is 0. The smallest absolute Gasteiger partial charge is 0.358 e. The molecular weight excluding hydrogens is 345 g/mol. The standard InChI is InChI=1S/C19H21N3.C2H6.CH3.K/c1-4-14-12-17-16(11-13(14)3)19(22-18(5-2)21-17)20-15-9-7-6-8-10-15;1-2;;/h6-12H,4-5H2,1-3H3,(H,20,21,22);1-2H3;1H3;/q;;-1;+1. The molecule has 0 fully saturated rings. The van der Waals surface area contributed by atoms with Crippen molar-refractivity contribution in [3.8, 4) is 0 Å². The Morgan fingerprint density at radius 2 is 1.58 bits per heavy atom. The monoisotopic (exact) mass is 375 g/mol. The summed E-state index contributed by atoms with van der Waals surface area (Å²) in [5.74, 6) is 1.76. The molecule has 3 aromatic rings. The Morgan fingerprint density at radius 1 is 0.923 bits per heavy atom. The van der Waals surface area contributed by atoms with Crippen LogP contribution in [0.15, 0.2) is 42.5 Å². The van der Waals surface area contributed by atoms with Crippen LogP contribution in [-0.4, -0.2) is 9.97 Å². The number of hydrogen-bond acceptors (Lipinski definition) is 3. The molecule has 0 radical (unpaired) electrons. The summed E-state index contributed by atoms with van der Waals surface area (Å²) < 4.78 is 0. The van der Waals surface area contributed by atoms with Crippen molar-refractivity contribution < 1.29 is 51.4 Å². The maximum atomic E-state index is 4.69. The first-order chi connectivity index (χ1) is 11.7. The third kappa shape index (κ3) is 6.14. The Hall–Kier alpha value is -0.784.